The summed E-state index contributed by atoms with van der Waals surface area (Å²) >= 11 is 3.40. The molecule has 0 amide bonds. The van der Waals surface area contributed by atoms with Crippen LogP contribution in [0.25, 0.3) is 0 Å². The zero-order valence-electron chi connectivity index (χ0n) is 35.0. The van der Waals surface area contributed by atoms with Gasteiger partial charge in [0, 0.05) is 77.1 Å². The maximum Gasteiger partial charge on any atom is 0.306 e. The van der Waals surface area contributed by atoms with Gasteiger partial charge in [0.25, 0.3) is 0 Å². The van der Waals surface area contributed by atoms with E-state index in [1.165, 1.54) is 91.7 Å². The van der Waals surface area contributed by atoms with Gasteiger partial charge in [-0.05, 0) is 71.7 Å². The Morgan fingerprint density at radius 1 is 0.736 bits per heavy atom. The fraction of sp³-hybridized carbons (Fsp3) is 0.795. The normalized spacial score (nSPS) is 29.6. The van der Waals surface area contributed by atoms with Gasteiger partial charge in [-0.2, -0.15) is 0 Å². The molecule has 0 spiro atoms. The molecule has 0 bridgehead atoms. The van der Waals surface area contributed by atoms with Gasteiger partial charge in [-0.1, -0.05) is 108 Å². The second-order valence-corrected chi connectivity index (χ2v) is 48.0. The number of carbonyl (C=O) groups is 2. The van der Waals surface area contributed by atoms with Crippen molar-refractivity contribution in [1.82, 2.24) is 19.9 Å². The van der Waals surface area contributed by atoms with E-state index < -0.39 is 46.3 Å². The average molecular weight is 884 g/mol. The third-order valence-corrected chi connectivity index (χ3v) is 29.4. The highest BCUT2D eigenvalue weighted by atomic mass is 79.9. The molecule has 0 radical (unpaired) electrons. The Kier molecular flexibility index (Phi) is 17.5. The summed E-state index contributed by atoms with van der Waals surface area (Å²) in [4.78, 5) is 36.1. The van der Waals surface area contributed by atoms with Gasteiger partial charge in [-0.25, -0.2) is 9.97 Å². The fourth-order valence-electron chi connectivity index (χ4n) is 9.35. The number of nitrogens with zero attached hydrogens (tertiary/aromatic N) is 2. The number of aromatic nitrogens is 4. The monoisotopic (exact) mass is 882 g/mol. The minimum absolute atomic E-state index is 0.0123. The third-order valence-electron chi connectivity index (χ3n) is 12.6. The number of halogens is 1. The maximum atomic E-state index is 10.5. The first-order valence-electron chi connectivity index (χ1n) is 20.5. The highest BCUT2D eigenvalue weighted by molar-refractivity contribution is 9.10. The number of aliphatic hydroxyl groups excluding tert-OH is 1. The van der Waals surface area contributed by atoms with Crippen LogP contribution in [0.5, 0.6) is 0 Å². The van der Waals surface area contributed by atoms with Gasteiger partial charge in [0.1, 0.15) is 22.5 Å². The first-order chi connectivity index (χ1) is 24.5. The number of aliphatic carboxylic acids is 1. The number of hydrogen-bond acceptors (Lipinski definition) is 5. The molecule has 5 unspecified atom stereocenters. The maximum absolute atomic E-state index is 10.5. The summed E-state index contributed by atoms with van der Waals surface area (Å²) in [6.07, 6.45) is 12.9. The minimum Gasteiger partial charge on any atom is -0.481 e. The van der Waals surface area contributed by atoms with E-state index in [-0.39, 0.29) is 5.92 Å². The van der Waals surface area contributed by atoms with Gasteiger partial charge in [-0.3, -0.25) is 4.79 Å². The Hall–Kier alpha value is -0.916. The zero-order chi connectivity index (χ0) is 39.7. The summed E-state index contributed by atoms with van der Waals surface area (Å²) in [7, 11) is -4.36. The molecule has 5 fully saturated rings. The van der Waals surface area contributed by atoms with Gasteiger partial charge < -0.3 is 25.0 Å². The van der Waals surface area contributed by atoms with E-state index in [9.17, 15) is 9.59 Å². The highest BCUT2D eigenvalue weighted by Gasteiger charge is 2.37. The van der Waals surface area contributed by atoms with E-state index in [0.717, 1.165) is 29.3 Å². The molecule has 0 aliphatic carbocycles. The molecule has 53 heavy (non-hydrogen) atoms. The van der Waals surface area contributed by atoms with Crippen LogP contribution >= 0.6 is 15.9 Å². The fourth-order valence-corrected chi connectivity index (χ4v) is 25.2. The lowest BCUT2D eigenvalue weighted by Gasteiger charge is -2.13. The number of nitrogens with one attached hydrogen (secondary N) is 2. The van der Waals surface area contributed by atoms with Crippen molar-refractivity contribution in [2.75, 3.05) is 6.61 Å². The van der Waals surface area contributed by atoms with Crippen molar-refractivity contribution in [3.63, 3.8) is 0 Å². The number of aromatic amines is 2. The molecule has 0 aromatic carbocycles. The molecule has 7 heterocycles. The lowest BCUT2D eigenvalue weighted by atomic mass is 10.1. The molecule has 302 valence electrons. The molecule has 0 saturated carbocycles. The summed E-state index contributed by atoms with van der Waals surface area (Å²) in [5.41, 5.74) is 0. The minimum atomic E-state index is -1.05. The summed E-state index contributed by atoms with van der Waals surface area (Å²) in [6, 6.07) is 13.3. The molecule has 5 saturated heterocycles. The van der Waals surface area contributed by atoms with Crippen molar-refractivity contribution >= 4 is 68.6 Å². The summed E-state index contributed by atoms with van der Waals surface area (Å²) in [5.74, 6) is 4.32. The zero-order valence-corrected chi connectivity index (χ0v) is 41.6. The Bertz CT molecular complexity index is 1420. The van der Waals surface area contributed by atoms with Gasteiger partial charge in [-0.15, -0.1) is 0 Å². The molecular formula is C39H75BrN4O4Si5. The summed E-state index contributed by atoms with van der Waals surface area (Å²) in [6.45, 7) is 24.5. The van der Waals surface area contributed by atoms with Crippen LogP contribution in [0.4, 0.5) is 0 Å². The molecule has 4 N–H and O–H groups in total. The molecular weight excluding hydrogens is 809 g/mol. The number of aldehydes is 1. The molecule has 14 heteroatoms. The van der Waals surface area contributed by atoms with Crippen LogP contribution in [0.2, 0.25) is 126 Å². The van der Waals surface area contributed by atoms with E-state index in [1.807, 2.05) is 18.6 Å². The van der Waals surface area contributed by atoms with Crippen LogP contribution in [0.3, 0.4) is 0 Å². The summed E-state index contributed by atoms with van der Waals surface area (Å²) in [5, 5.41) is 17.5. The topological polar surface area (TPSA) is 132 Å². The first kappa shape index (κ1) is 46.5. The molecule has 2 aromatic rings. The number of carbonyl (C=O) groups excluding carboxylic acids is 1. The quantitative estimate of drug-likeness (QED) is 0.175. The number of aliphatic hydroxyl groups is 1. The summed E-state index contributed by atoms with van der Waals surface area (Å²) < 4.78 is 1.01. The number of carboxylic acid groups (broad SMARTS) is 1. The average Bonchev–Trinajstić information content (AvgIpc) is 3.91. The van der Waals surface area contributed by atoms with Crippen LogP contribution in [0.1, 0.15) is 55.6 Å². The standard InChI is InChI=1S/C9H15BrN2Si.C9H16N2Si.C7H14O2Si.C7H16OSi.C7H14OSi/c1-13(2)4-3-7(6-13)9-11-5-8(10)12-9;1-12(2)6-3-8(7-12)9-10-4-5-11-9;1-10(2)4-3-6(5-10)7(8)9;2*1-9(2)4-3-7(5-8)6-9/h5,7H,3-4,6H2,1-2H3,(H,11,12);4-5,8H,3,6-7H2,1-2H3,(H,10,11);6H,3-5H2,1-2H3,(H,8,9);7-8H,3-6H2,1-2H3;5,7H,3-4,6H2,1-2H3. The van der Waals surface area contributed by atoms with Crippen molar-refractivity contribution < 1.29 is 19.8 Å². The van der Waals surface area contributed by atoms with Crippen molar-refractivity contribution in [3.05, 3.63) is 34.8 Å². The number of rotatable bonds is 5. The SMILES string of the molecule is C[Si]1(C)CCC(C(=O)O)C1.C[Si]1(C)CCC(C=O)C1.C[Si]1(C)CCC(CO)C1.C[Si]1(C)CCC(c2ncc(Br)[nH]2)C1.C[Si]1(C)CCC(c2ncc[nH]2)C1. The number of H-pyrrole nitrogens is 2. The smallest absolute Gasteiger partial charge is 0.306 e. The Balaban J connectivity index is 0.000000180. The van der Waals surface area contributed by atoms with E-state index in [4.69, 9.17) is 10.2 Å². The van der Waals surface area contributed by atoms with Crippen molar-refractivity contribution in [2.45, 2.75) is 170 Å². The van der Waals surface area contributed by atoms with Crippen molar-refractivity contribution in [2.24, 2.45) is 17.8 Å². The van der Waals surface area contributed by atoms with Gasteiger partial charge in [0.2, 0.25) is 0 Å². The Morgan fingerprint density at radius 3 is 1.55 bits per heavy atom. The van der Waals surface area contributed by atoms with Gasteiger partial charge in [0.15, 0.2) is 0 Å². The molecule has 5 aliphatic heterocycles. The van der Waals surface area contributed by atoms with Gasteiger partial charge in [0.05, 0.1) is 12.1 Å². The van der Waals surface area contributed by atoms with Crippen LogP contribution in [0.15, 0.2) is 23.2 Å². The molecule has 5 aliphatic rings. The van der Waals surface area contributed by atoms with Crippen molar-refractivity contribution in [1.29, 1.82) is 0 Å². The Labute approximate surface area is 335 Å². The van der Waals surface area contributed by atoms with E-state index in [1.54, 1.807) is 0 Å². The van der Waals surface area contributed by atoms with Crippen LogP contribution in [0, 0.1) is 17.8 Å². The van der Waals surface area contributed by atoms with Gasteiger partial charge >= 0.3 is 5.97 Å². The van der Waals surface area contributed by atoms with E-state index >= 15 is 0 Å². The number of hydrogen-bond donors (Lipinski definition) is 4. The number of carboxylic acids is 1. The third kappa shape index (κ3) is 16.6. The molecule has 8 nitrogen and oxygen atoms in total. The van der Waals surface area contributed by atoms with E-state index in [2.05, 4.69) is 101 Å². The predicted molar refractivity (Wildman–Crippen MR) is 240 cm³/mol. The number of imidazole rings is 2. The predicted octanol–water partition coefficient (Wildman–Crippen LogP) is 11.4. The first-order valence-corrected chi connectivity index (χ1v) is 38.4. The second kappa shape index (κ2) is 20.0. The largest absolute Gasteiger partial charge is 0.481 e. The highest BCUT2D eigenvalue weighted by Crippen LogP contribution is 2.41. The lowest BCUT2D eigenvalue weighted by Crippen LogP contribution is -2.21. The molecule has 7 rings (SSSR count). The second-order valence-electron chi connectivity index (χ2n) is 21.0. The van der Waals surface area contributed by atoms with Crippen molar-refractivity contribution in [3.8, 4) is 0 Å². The Morgan fingerprint density at radius 2 is 1.25 bits per heavy atom. The lowest BCUT2D eigenvalue weighted by molar-refractivity contribution is -0.140. The van der Waals surface area contributed by atoms with Crippen LogP contribution in [-0.4, -0.2) is 89.4 Å². The van der Waals surface area contributed by atoms with Crippen LogP contribution in [-0.2, 0) is 9.59 Å². The molecule has 5 atom stereocenters. The van der Waals surface area contributed by atoms with E-state index in [0.29, 0.717) is 24.4 Å². The molecule has 2 aromatic heterocycles. The van der Waals surface area contributed by atoms with Crippen LogP contribution < -0.4 is 0 Å².